The van der Waals surface area contributed by atoms with Gasteiger partial charge in [-0.3, -0.25) is 4.79 Å². The zero-order valence-electron chi connectivity index (χ0n) is 10.2. The minimum absolute atomic E-state index is 0.0696. The molecule has 0 unspecified atom stereocenters. The first-order chi connectivity index (χ1) is 8.45. The van der Waals surface area contributed by atoms with Crippen LogP contribution in [-0.2, 0) is 0 Å². The third-order valence-corrected chi connectivity index (χ3v) is 4.93. The van der Waals surface area contributed by atoms with E-state index < -0.39 is 5.54 Å². The molecule has 0 aromatic heterocycles. The van der Waals surface area contributed by atoms with Gasteiger partial charge in [0, 0.05) is 10.7 Å². The van der Waals surface area contributed by atoms with Gasteiger partial charge in [-0.05, 0) is 25.1 Å². The molecule has 0 heterocycles. The van der Waals surface area contributed by atoms with Crippen LogP contribution in [-0.4, -0.2) is 34.3 Å². The molecule has 0 fully saturated rings. The number of carbonyl (C=O) groups excluding carboxylic acids is 1. The summed E-state index contributed by atoms with van der Waals surface area (Å²) in [5, 5.41) is 13.8. The number of rotatable bonds is 5. The van der Waals surface area contributed by atoms with E-state index in [0.29, 0.717) is 16.4 Å². The number of nitrogens with one attached hydrogen (secondary N) is 1. The lowest BCUT2D eigenvalue weighted by Crippen LogP contribution is -2.48. The highest BCUT2D eigenvalue weighted by Gasteiger charge is 2.25. The fraction of sp³-hybridized carbons (Fsp3) is 0.417. The lowest BCUT2D eigenvalue weighted by atomic mass is 10.1. The van der Waals surface area contributed by atoms with E-state index in [0.717, 1.165) is 0 Å². The molecule has 0 saturated carbocycles. The first kappa shape index (κ1) is 15.3. The number of carbonyl (C=O) groups is 1. The maximum atomic E-state index is 12.1. The van der Waals surface area contributed by atoms with Gasteiger partial charge in [0.25, 0.3) is 5.91 Å². The Morgan fingerprint density at radius 3 is 2.56 bits per heavy atom. The van der Waals surface area contributed by atoms with Gasteiger partial charge < -0.3 is 15.2 Å². The Balaban J connectivity index is 2.97. The average molecular weight is 381 g/mol. The molecule has 0 aliphatic carbocycles. The highest BCUT2D eigenvalue weighted by Crippen LogP contribution is 2.23. The SMILES string of the molecule is COc1ccc(O)c(C(=O)NC(C)(CBr)CBr)c1. The number of halogens is 2. The molecule has 0 saturated heterocycles. The molecular weight excluding hydrogens is 366 g/mol. The van der Waals surface area contributed by atoms with Crippen LogP contribution in [0.4, 0.5) is 0 Å². The molecule has 2 N–H and O–H groups in total. The van der Waals surface area contributed by atoms with Crippen molar-refractivity contribution in [3.63, 3.8) is 0 Å². The summed E-state index contributed by atoms with van der Waals surface area (Å²) in [6, 6.07) is 4.54. The van der Waals surface area contributed by atoms with Crippen LogP contribution in [0.2, 0.25) is 0 Å². The van der Waals surface area contributed by atoms with E-state index in [1.165, 1.54) is 19.2 Å². The van der Waals surface area contributed by atoms with E-state index in [9.17, 15) is 9.90 Å². The lowest BCUT2D eigenvalue weighted by molar-refractivity contribution is 0.0920. The molecule has 1 aromatic rings. The normalized spacial score (nSPS) is 11.1. The number of benzene rings is 1. The Morgan fingerprint density at radius 1 is 1.44 bits per heavy atom. The molecule has 100 valence electrons. The second kappa shape index (κ2) is 6.43. The lowest BCUT2D eigenvalue weighted by Gasteiger charge is -2.26. The van der Waals surface area contributed by atoms with E-state index in [4.69, 9.17) is 4.74 Å². The standard InChI is InChI=1S/C12H15Br2NO3/c1-12(6-13,7-14)15-11(17)9-5-8(18-2)3-4-10(9)16/h3-5,16H,6-7H2,1-2H3,(H,15,17). The summed E-state index contributed by atoms with van der Waals surface area (Å²) in [6.45, 7) is 1.89. The van der Waals surface area contributed by atoms with Crippen LogP contribution in [0, 0.1) is 0 Å². The first-order valence-corrected chi connectivity index (χ1v) is 7.51. The van der Waals surface area contributed by atoms with E-state index in [2.05, 4.69) is 37.2 Å². The van der Waals surface area contributed by atoms with Crippen molar-refractivity contribution < 1.29 is 14.6 Å². The molecule has 1 aromatic carbocycles. The highest BCUT2D eigenvalue weighted by molar-refractivity contribution is 9.09. The van der Waals surface area contributed by atoms with Gasteiger partial charge >= 0.3 is 0 Å². The van der Waals surface area contributed by atoms with Crippen LogP contribution >= 0.6 is 31.9 Å². The molecular formula is C12H15Br2NO3. The van der Waals surface area contributed by atoms with Gasteiger partial charge in [0.1, 0.15) is 11.5 Å². The number of amides is 1. The molecule has 0 aliphatic rings. The summed E-state index contributed by atoms with van der Waals surface area (Å²) in [5.41, 5.74) is -0.227. The van der Waals surface area contributed by atoms with Crippen LogP contribution in [0.1, 0.15) is 17.3 Å². The maximum Gasteiger partial charge on any atom is 0.255 e. The molecule has 4 nitrogen and oxygen atoms in total. The molecule has 0 aliphatic heterocycles. The topological polar surface area (TPSA) is 58.6 Å². The third kappa shape index (κ3) is 3.62. The second-order valence-electron chi connectivity index (χ2n) is 4.17. The van der Waals surface area contributed by atoms with Gasteiger partial charge in [-0.15, -0.1) is 0 Å². The van der Waals surface area contributed by atoms with E-state index >= 15 is 0 Å². The van der Waals surface area contributed by atoms with Gasteiger partial charge in [0.05, 0.1) is 18.2 Å². The van der Waals surface area contributed by atoms with Gasteiger partial charge in [-0.1, -0.05) is 31.9 Å². The zero-order valence-corrected chi connectivity index (χ0v) is 13.3. The number of hydrogen-bond donors (Lipinski definition) is 2. The van der Waals surface area contributed by atoms with Crippen molar-refractivity contribution in [3.8, 4) is 11.5 Å². The zero-order chi connectivity index (χ0) is 13.8. The van der Waals surface area contributed by atoms with Gasteiger partial charge in [0.2, 0.25) is 0 Å². The molecule has 18 heavy (non-hydrogen) atoms. The third-order valence-electron chi connectivity index (χ3n) is 2.45. The Bertz CT molecular complexity index is 433. The fourth-order valence-electron chi connectivity index (χ4n) is 1.27. The monoisotopic (exact) mass is 379 g/mol. The molecule has 1 amide bonds. The van der Waals surface area contributed by atoms with Crippen LogP contribution in [0.25, 0.3) is 0 Å². The van der Waals surface area contributed by atoms with Crippen molar-refractivity contribution >= 4 is 37.8 Å². The summed E-state index contributed by atoms with van der Waals surface area (Å²) in [4.78, 5) is 12.1. The van der Waals surface area contributed by atoms with E-state index in [1.807, 2.05) is 6.92 Å². The molecule has 0 atom stereocenters. The van der Waals surface area contributed by atoms with Crippen LogP contribution in [0.3, 0.4) is 0 Å². The van der Waals surface area contributed by atoms with Gasteiger partial charge in [0.15, 0.2) is 0 Å². The van der Waals surface area contributed by atoms with Crippen molar-refractivity contribution in [1.82, 2.24) is 5.32 Å². The van der Waals surface area contributed by atoms with Crippen molar-refractivity contribution in [3.05, 3.63) is 23.8 Å². The summed E-state index contributed by atoms with van der Waals surface area (Å²) in [6.07, 6.45) is 0. The summed E-state index contributed by atoms with van der Waals surface area (Å²) in [7, 11) is 1.51. The fourth-order valence-corrected chi connectivity index (χ4v) is 2.48. The van der Waals surface area contributed by atoms with Crippen molar-refractivity contribution in [2.45, 2.75) is 12.5 Å². The molecule has 0 radical (unpaired) electrons. The number of hydrogen-bond acceptors (Lipinski definition) is 3. The van der Waals surface area contributed by atoms with Crippen LogP contribution < -0.4 is 10.1 Å². The summed E-state index contributed by atoms with van der Waals surface area (Å²) in [5.74, 6) is 0.116. The van der Waals surface area contributed by atoms with Crippen LogP contribution in [0.15, 0.2) is 18.2 Å². The predicted octanol–water partition coefficient (Wildman–Crippen LogP) is 2.68. The Kier molecular flexibility index (Phi) is 5.47. The molecule has 0 bridgehead atoms. The largest absolute Gasteiger partial charge is 0.507 e. The number of phenols is 1. The molecule has 6 heteroatoms. The average Bonchev–Trinajstić information content (AvgIpc) is 2.39. The number of alkyl halides is 2. The second-order valence-corrected chi connectivity index (χ2v) is 5.29. The van der Waals surface area contributed by atoms with Crippen molar-refractivity contribution in [1.29, 1.82) is 0 Å². The number of phenolic OH excluding ortho intramolecular Hbond substituents is 1. The Hall–Kier alpha value is -0.750. The predicted molar refractivity (Wildman–Crippen MR) is 78.1 cm³/mol. The van der Waals surface area contributed by atoms with Gasteiger partial charge in [-0.25, -0.2) is 0 Å². The molecule has 1 rings (SSSR count). The van der Waals surface area contributed by atoms with Gasteiger partial charge in [-0.2, -0.15) is 0 Å². The first-order valence-electron chi connectivity index (χ1n) is 5.27. The van der Waals surface area contributed by atoms with E-state index in [-0.39, 0.29) is 17.2 Å². The van der Waals surface area contributed by atoms with Crippen molar-refractivity contribution in [2.24, 2.45) is 0 Å². The van der Waals surface area contributed by atoms with Crippen molar-refractivity contribution in [2.75, 3.05) is 17.8 Å². The number of methoxy groups -OCH3 is 1. The maximum absolute atomic E-state index is 12.1. The number of aromatic hydroxyl groups is 1. The summed E-state index contributed by atoms with van der Waals surface area (Å²) >= 11 is 6.70. The highest BCUT2D eigenvalue weighted by atomic mass is 79.9. The van der Waals surface area contributed by atoms with Crippen LogP contribution in [0.5, 0.6) is 11.5 Å². The van der Waals surface area contributed by atoms with E-state index in [1.54, 1.807) is 6.07 Å². The smallest absolute Gasteiger partial charge is 0.255 e. The summed E-state index contributed by atoms with van der Waals surface area (Å²) < 4.78 is 5.03. The molecule has 0 spiro atoms. The minimum Gasteiger partial charge on any atom is -0.507 e. The minimum atomic E-state index is -0.424. The Labute approximate surface area is 123 Å². The number of ether oxygens (including phenoxy) is 1. The quantitative estimate of drug-likeness (QED) is 0.772. The Morgan fingerprint density at radius 2 is 2.06 bits per heavy atom.